The van der Waals surface area contributed by atoms with Crippen molar-refractivity contribution in [1.82, 2.24) is 29.7 Å². The van der Waals surface area contributed by atoms with E-state index in [-0.39, 0.29) is 11.9 Å². The van der Waals surface area contributed by atoms with Gasteiger partial charge in [0, 0.05) is 18.9 Å². The van der Waals surface area contributed by atoms with Crippen molar-refractivity contribution in [2.24, 2.45) is 0 Å². The van der Waals surface area contributed by atoms with E-state index in [2.05, 4.69) is 15.3 Å². The molecule has 1 aromatic carbocycles. The summed E-state index contributed by atoms with van der Waals surface area (Å²) < 4.78 is 1.87. The minimum absolute atomic E-state index is 0.0615. The van der Waals surface area contributed by atoms with Crippen LogP contribution in [0, 0.1) is 6.92 Å². The summed E-state index contributed by atoms with van der Waals surface area (Å²) in [7, 11) is 0. The third-order valence-corrected chi connectivity index (χ3v) is 4.54. The second-order valence-corrected chi connectivity index (χ2v) is 6.38. The molecule has 3 heterocycles. The van der Waals surface area contributed by atoms with E-state index in [1.165, 1.54) is 4.80 Å². The van der Waals surface area contributed by atoms with Gasteiger partial charge < -0.3 is 4.90 Å². The van der Waals surface area contributed by atoms with E-state index in [1.807, 2.05) is 53.0 Å². The monoisotopic (exact) mass is 336 g/mol. The summed E-state index contributed by atoms with van der Waals surface area (Å²) in [6.45, 7) is 3.48. The summed E-state index contributed by atoms with van der Waals surface area (Å²) in [6, 6.07) is 9.94. The Morgan fingerprint density at radius 2 is 2.20 bits per heavy atom. The van der Waals surface area contributed by atoms with Gasteiger partial charge in [0.15, 0.2) is 5.69 Å². The molecule has 0 bridgehead atoms. The number of hydrogen-bond acceptors (Lipinski definition) is 4. The van der Waals surface area contributed by atoms with Crippen LogP contribution in [0.2, 0.25) is 0 Å². The molecule has 128 valence electrons. The van der Waals surface area contributed by atoms with Crippen LogP contribution in [0.1, 0.15) is 28.9 Å². The molecule has 1 fully saturated rings. The lowest BCUT2D eigenvalue weighted by atomic mass is 10.2. The molecule has 0 aliphatic carbocycles. The molecule has 0 saturated carbocycles. The number of aryl methyl sites for hydroxylation is 1. The van der Waals surface area contributed by atoms with Crippen LogP contribution in [0.25, 0.3) is 5.69 Å². The zero-order valence-corrected chi connectivity index (χ0v) is 14.1. The van der Waals surface area contributed by atoms with Crippen LogP contribution < -0.4 is 0 Å². The Kier molecular flexibility index (Phi) is 4.05. The van der Waals surface area contributed by atoms with Crippen molar-refractivity contribution in [1.29, 1.82) is 0 Å². The Balaban J connectivity index is 1.52. The highest BCUT2D eigenvalue weighted by Gasteiger charge is 2.31. The van der Waals surface area contributed by atoms with E-state index in [9.17, 15) is 4.79 Å². The standard InChI is InChI=1S/C18H20N6O/c1-14-5-2-6-15(11-14)24-20-12-17(21-24)18(25)23-10-3-7-16(23)13-22-9-4-8-19-22/h2,4-6,8-9,11-12,16H,3,7,10,13H2,1H3. The van der Waals surface area contributed by atoms with Gasteiger partial charge in [0.2, 0.25) is 0 Å². The summed E-state index contributed by atoms with van der Waals surface area (Å²) in [6.07, 6.45) is 7.22. The van der Waals surface area contributed by atoms with E-state index < -0.39 is 0 Å². The van der Waals surface area contributed by atoms with Crippen molar-refractivity contribution in [3.8, 4) is 5.69 Å². The van der Waals surface area contributed by atoms with Gasteiger partial charge in [0.05, 0.1) is 24.5 Å². The van der Waals surface area contributed by atoms with Crippen LogP contribution in [0.15, 0.2) is 48.9 Å². The van der Waals surface area contributed by atoms with Crippen LogP contribution in [0.5, 0.6) is 0 Å². The molecule has 0 radical (unpaired) electrons. The maximum Gasteiger partial charge on any atom is 0.276 e. The van der Waals surface area contributed by atoms with Crippen molar-refractivity contribution in [3.63, 3.8) is 0 Å². The van der Waals surface area contributed by atoms with Gasteiger partial charge in [-0.2, -0.15) is 15.0 Å². The Morgan fingerprint density at radius 3 is 3.00 bits per heavy atom. The highest BCUT2D eigenvalue weighted by molar-refractivity contribution is 5.92. The fourth-order valence-electron chi connectivity index (χ4n) is 3.30. The first kappa shape index (κ1) is 15.6. The lowest BCUT2D eigenvalue weighted by molar-refractivity contribution is 0.0715. The van der Waals surface area contributed by atoms with E-state index in [1.54, 1.807) is 12.4 Å². The first-order valence-electron chi connectivity index (χ1n) is 8.48. The summed E-state index contributed by atoms with van der Waals surface area (Å²) in [4.78, 5) is 16.3. The number of nitrogens with zero attached hydrogens (tertiary/aromatic N) is 6. The predicted molar refractivity (Wildman–Crippen MR) is 92.4 cm³/mol. The Morgan fingerprint density at radius 1 is 1.28 bits per heavy atom. The second kappa shape index (κ2) is 6.51. The van der Waals surface area contributed by atoms with Gasteiger partial charge in [-0.3, -0.25) is 9.48 Å². The van der Waals surface area contributed by atoms with Crippen LogP contribution in [0.3, 0.4) is 0 Å². The first-order chi connectivity index (χ1) is 12.2. The lowest BCUT2D eigenvalue weighted by Gasteiger charge is -2.23. The zero-order valence-electron chi connectivity index (χ0n) is 14.1. The maximum atomic E-state index is 12.9. The number of benzene rings is 1. The van der Waals surface area contributed by atoms with Gasteiger partial charge >= 0.3 is 0 Å². The largest absolute Gasteiger partial charge is 0.332 e. The Bertz CT molecular complexity index is 869. The molecule has 1 saturated heterocycles. The number of likely N-dealkylation sites (tertiary alicyclic amines) is 1. The highest BCUT2D eigenvalue weighted by Crippen LogP contribution is 2.21. The van der Waals surface area contributed by atoms with E-state index in [4.69, 9.17) is 0 Å². The fourth-order valence-corrected chi connectivity index (χ4v) is 3.30. The predicted octanol–water partition coefficient (Wildman–Crippen LogP) is 2.08. The number of hydrogen-bond donors (Lipinski definition) is 0. The molecule has 7 nitrogen and oxygen atoms in total. The van der Waals surface area contributed by atoms with Crippen molar-refractivity contribution in [2.75, 3.05) is 6.54 Å². The van der Waals surface area contributed by atoms with Crippen molar-refractivity contribution < 1.29 is 4.79 Å². The smallest absolute Gasteiger partial charge is 0.276 e. The van der Waals surface area contributed by atoms with Gasteiger partial charge in [-0.05, 0) is 43.5 Å². The molecule has 4 rings (SSSR count). The summed E-state index contributed by atoms with van der Waals surface area (Å²) >= 11 is 0. The molecule has 1 atom stereocenters. The average Bonchev–Trinajstić information content (AvgIpc) is 3.36. The SMILES string of the molecule is Cc1cccc(-n2ncc(C(=O)N3CCCC3Cn3cccn3)n2)c1. The molecule has 0 spiro atoms. The van der Waals surface area contributed by atoms with Crippen LogP contribution in [0.4, 0.5) is 0 Å². The van der Waals surface area contributed by atoms with E-state index in [0.29, 0.717) is 12.2 Å². The van der Waals surface area contributed by atoms with Gasteiger partial charge in [-0.1, -0.05) is 12.1 Å². The summed E-state index contributed by atoms with van der Waals surface area (Å²) in [5.74, 6) is -0.0615. The fraction of sp³-hybridized carbons (Fsp3) is 0.333. The third-order valence-electron chi connectivity index (χ3n) is 4.54. The lowest BCUT2D eigenvalue weighted by Crippen LogP contribution is -2.38. The number of carbonyl (C=O) groups excluding carboxylic acids is 1. The number of aromatic nitrogens is 5. The minimum atomic E-state index is -0.0615. The number of carbonyl (C=O) groups is 1. The Hall–Kier alpha value is -2.96. The highest BCUT2D eigenvalue weighted by atomic mass is 16.2. The first-order valence-corrected chi connectivity index (χ1v) is 8.48. The van der Waals surface area contributed by atoms with E-state index >= 15 is 0 Å². The zero-order chi connectivity index (χ0) is 17.2. The Labute approximate surface area is 145 Å². The van der Waals surface area contributed by atoms with Crippen LogP contribution in [-0.4, -0.2) is 48.2 Å². The molecular formula is C18H20N6O. The number of amides is 1. The quantitative estimate of drug-likeness (QED) is 0.731. The normalized spacial score (nSPS) is 17.2. The second-order valence-electron chi connectivity index (χ2n) is 6.38. The molecular weight excluding hydrogens is 316 g/mol. The molecule has 25 heavy (non-hydrogen) atoms. The van der Waals surface area contributed by atoms with Crippen molar-refractivity contribution >= 4 is 5.91 Å². The molecule has 3 aromatic rings. The molecule has 7 heteroatoms. The minimum Gasteiger partial charge on any atom is -0.332 e. The van der Waals surface area contributed by atoms with Gasteiger partial charge in [0.25, 0.3) is 5.91 Å². The van der Waals surface area contributed by atoms with Gasteiger partial charge in [-0.15, -0.1) is 5.10 Å². The third kappa shape index (κ3) is 3.17. The van der Waals surface area contributed by atoms with E-state index in [0.717, 1.165) is 30.6 Å². The molecule has 1 amide bonds. The molecule has 2 aromatic heterocycles. The topological polar surface area (TPSA) is 68.8 Å². The average molecular weight is 336 g/mol. The summed E-state index contributed by atoms with van der Waals surface area (Å²) in [5.41, 5.74) is 2.36. The number of rotatable bonds is 4. The maximum absolute atomic E-state index is 12.9. The molecule has 1 aliphatic heterocycles. The van der Waals surface area contributed by atoms with Crippen LogP contribution in [-0.2, 0) is 6.54 Å². The van der Waals surface area contributed by atoms with Crippen molar-refractivity contribution in [2.45, 2.75) is 32.4 Å². The molecule has 0 N–H and O–H groups in total. The van der Waals surface area contributed by atoms with Gasteiger partial charge in [0.1, 0.15) is 0 Å². The molecule has 1 unspecified atom stereocenters. The van der Waals surface area contributed by atoms with Gasteiger partial charge in [-0.25, -0.2) is 0 Å². The van der Waals surface area contributed by atoms with Crippen molar-refractivity contribution in [3.05, 3.63) is 60.2 Å². The molecule has 1 aliphatic rings. The van der Waals surface area contributed by atoms with Crippen LogP contribution >= 0.6 is 0 Å². The summed E-state index contributed by atoms with van der Waals surface area (Å²) in [5, 5.41) is 12.9.